The van der Waals surface area contributed by atoms with E-state index in [-0.39, 0.29) is 0 Å². The third-order valence-corrected chi connectivity index (χ3v) is 2.50. The van der Waals surface area contributed by atoms with Gasteiger partial charge in [0.15, 0.2) is 0 Å². The molecule has 0 aromatic carbocycles. The van der Waals surface area contributed by atoms with Gasteiger partial charge in [0.1, 0.15) is 0 Å². The first kappa shape index (κ1) is 15.4. The smallest absolute Gasteiger partial charge is 0.137 e. The summed E-state index contributed by atoms with van der Waals surface area (Å²) in [4.78, 5) is 14.2. The minimum absolute atomic E-state index is 1.20. The molecule has 1 saturated carbocycles. The molecule has 0 aliphatic heterocycles. The molecule has 1 fully saturated rings. The van der Waals surface area contributed by atoms with Gasteiger partial charge >= 0.3 is 8.25 Å². The van der Waals surface area contributed by atoms with E-state index < -0.39 is 8.25 Å². The van der Waals surface area contributed by atoms with Gasteiger partial charge in [0.05, 0.1) is 0 Å². The SMILES string of the molecule is C1CCC1.O=[P+](O)O.PCCP. The van der Waals surface area contributed by atoms with Crippen LogP contribution >= 0.6 is 26.7 Å². The summed E-state index contributed by atoms with van der Waals surface area (Å²) >= 11 is 0. The van der Waals surface area contributed by atoms with Crippen LogP contribution in [0.5, 0.6) is 0 Å². The van der Waals surface area contributed by atoms with E-state index in [1.807, 2.05) is 0 Å². The van der Waals surface area contributed by atoms with Crippen LogP contribution < -0.4 is 0 Å². The Hall–Kier alpha value is 0.880. The molecule has 3 nitrogen and oxygen atoms in total. The monoisotopic (exact) mass is 231 g/mol. The van der Waals surface area contributed by atoms with Crippen molar-refractivity contribution in [1.29, 1.82) is 0 Å². The second kappa shape index (κ2) is 14.4. The molecule has 1 aliphatic rings. The zero-order chi connectivity index (χ0) is 9.82. The third kappa shape index (κ3) is 30.7. The summed E-state index contributed by atoms with van der Waals surface area (Å²) in [5, 5.41) is 0. The molecule has 0 aromatic rings. The Bertz CT molecular complexity index is 86.0. The lowest BCUT2D eigenvalue weighted by Crippen LogP contribution is -1.85. The maximum atomic E-state index is 8.70. The molecule has 0 heterocycles. The molecule has 1 aliphatic carbocycles. The predicted molar refractivity (Wildman–Crippen MR) is 59.7 cm³/mol. The molecule has 0 radical (unpaired) electrons. The van der Waals surface area contributed by atoms with Gasteiger partial charge in [-0.3, -0.25) is 0 Å². The fraction of sp³-hybridized carbons (Fsp3) is 1.00. The van der Waals surface area contributed by atoms with E-state index in [1.165, 1.54) is 38.0 Å². The number of hydrogen-bond donors (Lipinski definition) is 2. The molecule has 0 amide bonds. The summed E-state index contributed by atoms with van der Waals surface area (Å²) in [6, 6.07) is 0. The van der Waals surface area contributed by atoms with Crippen molar-refractivity contribution < 1.29 is 14.4 Å². The van der Waals surface area contributed by atoms with E-state index in [1.54, 1.807) is 0 Å². The average molecular weight is 231 g/mol. The summed E-state index contributed by atoms with van der Waals surface area (Å²) in [6.07, 6.45) is 8.40. The number of rotatable bonds is 1. The molecule has 2 unspecified atom stereocenters. The Morgan fingerprint density at radius 3 is 1.17 bits per heavy atom. The second-order valence-electron chi connectivity index (χ2n) is 2.24. The first-order chi connectivity index (χ1) is 5.65. The zero-order valence-electron chi connectivity index (χ0n) is 7.15. The van der Waals surface area contributed by atoms with E-state index >= 15 is 0 Å². The highest BCUT2D eigenvalue weighted by atomic mass is 31.1. The Morgan fingerprint density at radius 2 is 1.17 bits per heavy atom. The van der Waals surface area contributed by atoms with Crippen molar-refractivity contribution in [2.75, 3.05) is 12.3 Å². The van der Waals surface area contributed by atoms with Gasteiger partial charge < -0.3 is 0 Å². The minimum Gasteiger partial charge on any atom is -0.137 e. The van der Waals surface area contributed by atoms with Crippen molar-refractivity contribution in [3.8, 4) is 0 Å². The van der Waals surface area contributed by atoms with Crippen LogP contribution in [0.15, 0.2) is 0 Å². The highest BCUT2D eigenvalue weighted by molar-refractivity contribution is 7.30. The molecule has 12 heavy (non-hydrogen) atoms. The Labute approximate surface area is 79.7 Å². The standard InChI is InChI=1S/C4H8.C2H8P2.HO3P/c1-2-4-3-1;3-1-2-4;1-4(2)3/h2*1-4H2;(H-,1,2,3)/p+1. The molecule has 0 aromatic heterocycles. The second-order valence-corrected chi connectivity index (χ2v) is 3.90. The van der Waals surface area contributed by atoms with Crippen LogP contribution in [0.3, 0.4) is 0 Å². The maximum Gasteiger partial charge on any atom is 0.692 e. The largest absolute Gasteiger partial charge is 0.692 e. The van der Waals surface area contributed by atoms with E-state index in [0.717, 1.165) is 0 Å². The van der Waals surface area contributed by atoms with Crippen molar-refractivity contribution in [3.05, 3.63) is 0 Å². The molecule has 0 spiro atoms. The van der Waals surface area contributed by atoms with E-state index in [0.29, 0.717) is 0 Å². The summed E-state index contributed by atoms with van der Waals surface area (Å²) in [5.41, 5.74) is 0. The Balaban J connectivity index is 0. The van der Waals surface area contributed by atoms with Crippen LogP contribution in [0.2, 0.25) is 0 Å². The van der Waals surface area contributed by atoms with Gasteiger partial charge in [0.25, 0.3) is 0 Å². The summed E-state index contributed by atoms with van der Waals surface area (Å²) in [5.74, 6) is 0. The van der Waals surface area contributed by atoms with Crippen LogP contribution in [0.1, 0.15) is 25.7 Å². The highest BCUT2D eigenvalue weighted by Crippen LogP contribution is 2.15. The molecule has 2 N–H and O–H groups in total. The lowest BCUT2D eigenvalue weighted by atomic mass is 10.0. The molecule has 1 rings (SSSR count). The average Bonchev–Trinajstić information content (AvgIpc) is 1.82. The topological polar surface area (TPSA) is 57.5 Å². The fourth-order valence-electron chi connectivity index (χ4n) is 0.250. The van der Waals surface area contributed by atoms with Gasteiger partial charge in [-0.2, -0.15) is 0 Å². The van der Waals surface area contributed by atoms with Gasteiger partial charge in [0, 0.05) is 4.57 Å². The Kier molecular flexibility index (Phi) is 18.4. The van der Waals surface area contributed by atoms with Gasteiger partial charge in [-0.15, -0.1) is 28.3 Å². The predicted octanol–water partition coefficient (Wildman–Crippen LogP) is 1.93. The van der Waals surface area contributed by atoms with Gasteiger partial charge in [-0.25, -0.2) is 0 Å². The summed E-state index contributed by atoms with van der Waals surface area (Å²) in [6.45, 7) is 0. The van der Waals surface area contributed by atoms with Crippen molar-refractivity contribution in [2.24, 2.45) is 0 Å². The zero-order valence-corrected chi connectivity index (χ0v) is 10.4. The van der Waals surface area contributed by atoms with Crippen LogP contribution in [-0.2, 0) is 4.57 Å². The van der Waals surface area contributed by atoms with Gasteiger partial charge in [-0.1, -0.05) is 25.7 Å². The van der Waals surface area contributed by atoms with E-state index in [4.69, 9.17) is 14.4 Å². The molecule has 74 valence electrons. The summed E-state index contributed by atoms with van der Waals surface area (Å²) < 4.78 is 8.70. The van der Waals surface area contributed by atoms with Crippen LogP contribution in [-0.4, -0.2) is 22.1 Å². The minimum atomic E-state index is -2.87. The lowest BCUT2D eigenvalue weighted by Gasteiger charge is -2.05. The van der Waals surface area contributed by atoms with Gasteiger partial charge in [0.2, 0.25) is 0 Å². The first-order valence-electron chi connectivity index (χ1n) is 3.90. The van der Waals surface area contributed by atoms with E-state index in [9.17, 15) is 0 Å². The summed E-state index contributed by atoms with van der Waals surface area (Å²) in [7, 11) is 2.40. The van der Waals surface area contributed by atoms with Crippen molar-refractivity contribution >= 4 is 26.7 Å². The molecule has 0 saturated heterocycles. The highest BCUT2D eigenvalue weighted by Gasteiger charge is 1.95. The molecular formula is C6H18O3P3+. The normalized spacial score (nSPS) is 12.7. The molecule has 6 heteroatoms. The quantitative estimate of drug-likeness (QED) is 0.678. The van der Waals surface area contributed by atoms with Crippen molar-refractivity contribution in [3.63, 3.8) is 0 Å². The Morgan fingerprint density at radius 1 is 1.00 bits per heavy atom. The molecular weight excluding hydrogens is 213 g/mol. The van der Waals surface area contributed by atoms with Gasteiger partial charge in [-0.05, 0) is 12.3 Å². The maximum absolute atomic E-state index is 8.70. The van der Waals surface area contributed by atoms with E-state index in [2.05, 4.69) is 18.5 Å². The van der Waals surface area contributed by atoms with Crippen LogP contribution in [0.25, 0.3) is 0 Å². The number of hydrogen-bond acceptors (Lipinski definition) is 1. The first-order valence-corrected chi connectivity index (χ1v) is 6.70. The lowest BCUT2D eigenvalue weighted by molar-refractivity contribution is 0.405. The fourth-order valence-corrected chi connectivity index (χ4v) is 0.250. The van der Waals surface area contributed by atoms with Crippen molar-refractivity contribution in [2.45, 2.75) is 25.7 Å². The molecule has 0 bridgehead atoms. The third-order valence-electron chi connectivity index (χ3n) is 1.17. The van der Waals surface area contributed by atoms with Crippen molar-refractivity contribution in [1.82, 2.24) is 0 Å². The molecule has 2 atom stereocenters. The van der Waals surface area contributed by atoms with Crippen LogP contribution in [0.4, 0.5) is 0 Å². The van der Waals surface area contributed by atoms with Crippen LogP contribution in [0, 0.1) is 0 Å².